The van der Waals surface area contributed by atoms with Crippen molar-refractivity contribution in [3.05, 3.63) is 52.7 Å². The van der Waals surface area contributed by atoms with Crippen molar-refractivity contribution in [2.24, 2.45) is 5.73 Å². The molecule has 2 rings (SSSR count). The molecule has 26 heavy (non-hydrogen) atoms. The average Bonchev–Trinajstić information content (AvgIpc) is 2.53. The second-order valence-electron chi connectivity index (χ2n) is 4.94. The third-order valence-electron chi connectivity index (χ3n) is 3.24. The maximum atomic E-state index is 13.3. The van der Waals surface area contributed by atoms with Crippen LogP contribution in [0.25, 0.3) is 0 Å². The Morgan fingerprint density at radius 2 is 1.69 bits per heavy atom. The van der Waals surface area contributed by atoms with Crippen molar-refractivity contribution in [2.75, 3.05) is 0 Å². The van der Waals surface area contributed by atoms with Crippen molar-refractivity contribution in [3.8, 4) is 0 Å². The van der Waals surface area contributed by atoms with E-state index in [2.05, 4.69) is 4.98 Å². The Kier molecular flexibility index (Phi) is 7.34. The van der Waals surface area contributed by atoms with Gasteiger partial charge in [0.15, 0.2) is 0 Å². The van der Waals surface area contributed by atoms with Gasteiger partial charge in [0.25, 0.3) is 0 Å². The minimum absolute atomic E-state index is 0. The second kappa shape index (κ2) is 8.47. The Morgan fingerprint density at radius 1 is 1.04 bits per heavy atom. The molecule has 0 saturated heterocycles. The van der Waals surface area contributed by atoms with Gasteiger partial charge in [-0.3, -0.25) is 0 Å². The smallest absolute Gasteiger partial charge is 0.392 e. The molecule has 0 atom stereocenters. The van der Waals surface area contributed by atoms with E-state index in [0.717, 1.165) is 0 Å². The van der Waals surface area contributed by atoms with E-state index in [-0.39, 0.29) is 34.6 Å². The number of aromatic nitrogens is 1. The SMILES string of the molecule is Cl.NCc1cc(C(F)(F)F)cc(C(F)(F)F)c1Sc1ncccc1CO. The van der Waals surface area contributed by atoms with Gasteiger partial charge < -0.3 is 10.8 Å². The zero-order valence-corrected chi connectivity index (χ0v) is 14.5. The van der Waals surface area contributed by atoms with Gasteiger partial charge >= 0.3 is 12.4 Å². The normalized spacial score (nSPS) is 12.0. The van der Waals surface area contributed by atoms with Crippen LogP contribution in [-0.4, -0.2) is 10.1 Å². The Morgan fingerprint density at radius 3 is 2.19 bits per heavy atom. The summed E-state index contributed by atoms with van der Waals surface area (Å²) in [6.45, 7) is -0.993. The molecule has 1 aromatic heterocycles. The van der Waals surface area contributed by atoms with Gasteiger partial charge in [0.1, 0.15) is 5.03 Å². The van der Waals surface area contributed by atoms with Gasteiger partial charge in [-0.15, -0.1) is 12.4 Å². The molecule has 2 aromatic rings. The molecule has 0 aliphatic heterocycles. The summed E-state index contributed by atoms with van der Waals surface area (Å²) in [6, 6.07) is 3.59. The zero-order valence-electron chi connectivity index (χ0n) is 12.9. The fourth-order valence-corrected chi connectivity index (χ4v) is 3.20. The maximum Gasteiger partial charge on any atom is 0.417 e. The van der Waals surface area contributed by atoms with Crippen LogP contribution in [-0.2, 0) is 25.5 Å². The monoisotopic (exact) mass is 418 g/mol. The van der Waals surface area contributed by atoms with E-state index < -0.39 is 41.5 Å². The number of benzene rings is 1. The van der Waals surface area contributed by atoms with Crippen LogP contribution in [0.4, 0.5) is 26.3 Å². The van der Waals surface area contributed by atoms with E-state index in [1.54, 1.807) is 0 Å². The van der Waals surface area contributed by atoms with Crippen molar-refractivity contribution in [2.45, 2.75) is 35.4 Å². The molecule has 0 radical (unpaired) electrons. The van der Waals surface area contributed by atoms with Crippen LogP contribution >= 0.6 is 24.2 Å². The van der Waals surface area contributed by atoms with Gasteiger partial charge in [-0.05, 0) is 23.8 Å². The number of rotatable bonds is 4. The number of aliphatic hydroxyl groups excluding tert-OH is 1. The molecule has 0 saturated carbocycles. The van der Waals surface area contributed by atoms with Crippen molar-refractivity contribution >= 4 is 24.2 Å². The minimum Gasteiger partial charge on any atom is -0.392 e. The van der Waals surface area contributed by atoms with E-state index in [1.165, 1.54) is 18.3 Å². The highest BCUT2D eigenvalue weighted by Crippen LogP contribution is 2.44. The quantitative estimate of drug-likeness (QED) is 0.710. The number of hydrogen-bond acceptors (Lipinski definition) is 4. The number of nitrogens with two attached hydrogens (primary N) is 1. The van der Waals surface area contributed by atoms with Crippen LogP contribution < -0.4 is 5.73 Å². The number of hydrogen-bond donors (Lipinski definition) is 2. The van der Waals surface area contributed by atoms with Crippen molar-refractivity contribution in [1.82, 2.24) is 4.98 Å². The zero-order chi connectivity index (χ0) is 18.8. The molecule has 0 unspecified atom stereocenters. The summed E-state index contributed by atoms with van der Waals surface area (Å²) < 4.78 is 78.6. The van der Waals surface area contributed by atoms with Gasteiger partial charge in [-0.25, -0.2) is 4.98 Å². The molecule has 1 aromatic carbocycles. The maximum absolute atomic E-state index is 13.3. The summed E-state index contributed by atoms with van der Waals surface area (Å²) in [6.07, 6.45) is -8.64. The lowest BCUT2D eigenvalue weighted by atomic mass is 10.0. The molecule has 0 amide bonds. The van der Waals surface area contributed by atoms with Crippen LogP contribution in [0.5, 0.6) is 0 Å². The first-order chi connectivity index (χ1) is 11.6. The first-order valence-electron chi connectivity index (χ1n) is 6.82. The van der Waals surface area contributed by atoms with Gasteiger partial charge in [-0.1, -0.05) is 17.8 Å². The number of pyridine rings is 1. The van der Waals surface area contributed by atoms with Crippen LogP contribution in [0.15, 0.2) is 40.4 Å². The number of alkyl halides is 6. The predicted molar refractivity (Wildman–Crippen MR) is 85.9 cm³/mol. The van der Waals surface area contributed by atoms with Crippen molar-refractivity contribution < 1.29 is 31.4 Å². The average molecular weight is 419 g/mol. The fourth-order valence-electron chi connectivity index (χ4n) is 2.07. The van der Waals surface area contributed by atoms with Crippen LogP contribution in [0, 0.1) is 0 Å². The van der Waals surface area contributed by atoms with E-state index in [9.17, 15) is 31.4 Å². The number of aliphatic hydroxyl groups is 1. The highest BCUT2D eigenvalue weighted by molar-refractivity contribution is 7.99. The first-order valence-corrected chi connectivity index (χ1v) is 7.63. The summed E-state index contributed by atoms with van der Waals surface area (Å²) in [7, 11) is 0. The number of nitrogens with zero attached hydrogens (tertiary/aromatic N) is 1. The Labute approximate surface area is 155 Å². The topological polar surface area (TPSA) is 59.1 Å². The van der Waals surface area contributed by atoms with E-state index in [0.29, 0.717) is 17.8 Å². The molecule has 0 aliphatic carbocycles. The van der Waals surface area contributed by atoms with E-state index >= 15 is 0 Å². The summed E-state index contributed by atoms with van der Waals surface area (Å²) in [5.41, 5.74) is 2.47. The summed E-state index contributed by atoms with van der Waals surface area (Å²) in [5.74, 6) is 0. The summed E-state index contributed by atoms with van der Waals surface area (Å²) in [4.78, 5) is 3.43. The Hall–Kier alpha value is -1.49. The van der Waals surface area contributed by atoms with Gasteiger partial charge in [-0.2, -0.15) is 26.3 Å². The summed E-state index contributed by atoms with van der Waals surface area (Å²) in [5, 5.41) is 9.31. The standard InChI is InChI=1S/C15H12F6N2OS.ClH/c16-14(17,18)10-4-9(6-22)12(11(5-10)15(19,20)21)25-13-8(7-24)2-1-3-23-13;/h1-5,24H,6-7,22H2;1H. The molecule has 11 heteroatoms. The molecule has 0 fully saturated rings. The first kappa shape index (κ1) is 22.6. The Balaban J connectivity index is 0.00000338. The van der Waals surface area contributed by atoms with E-state index in [4.69, 9.17) is 5.73 Å². The largest absolute Gasteiger partial charge is 0.417 e. The minimum atomic E-state index is -5.01. The van der Waals surface area contributed by atoms with Gasteiger partial charge in [0.05, 0.1) is 17.7 Å². The molecule has 0 bridgehead atoms. The number of halogens is 7. The molecule has 0 spiro atoms. The van der Waals surface area contributed by atoms with Crippen LogP contribution in [0.3, 0.4) is 0 Å². The molecule has 3 N–H and O–H groups in total. The fraction of sp³-hybridized carbons (Fsp3) is 0.267. The van der Waals surface area contributed by atoms with E-state index in [1.807, 2.05) is 0 Å². The molecule has 3 nitrogen and oxygen atoms in total. The Bertz CT molecular complexity index is 767. The van der Waals surface area contributed by atoms with Crippen LogP contribution in [0.2, 0.25) is 0 Å². The lowest BCUT2D eigenvalue weighted by Crippen LogP contribution is -2.15. The molecule has 0 aliphatic rings. The van der Waals surface area contributed by atoms with Crippen LogP contribution in [0.1, 0.15) is 22.3 Å². The lowest BCUT2D eigenvalue weighted by molar-refractivity contribution is -0.144. The molecular formula is C15H13ClF6N2OS. The third kappa shape index (κ3) is 5.03. The predicted octanol–water partition coefficient (Wildman–Crippen LogP) is 4.64. The molecule has 1 heterocycles. The van der Waals surface area contributed by atoms with Crippen molar-refractivity contribution in [1.29, 1.82) is 0 Å². The molecule has 144 valence electrons. The highest BCUT2D eigenvalue weighted by Gasteiger charge is 2.39. The third-order valence-corrected chi connectivity index (χ3v) is 4.48. The second-order valence-corrected chi connectivity index (χ2v) is 5.94. The van der Waals surface area contributed by atoms with Crippen molar-refractivity contribution in [3.63, 3.8) is 0 Å². The highest BCUT2D eigenvalue weighted by atomic mass is 35.5. The summed E-state index contributed by atoms with van der Waals surface area (Å²) >= 11 is 0.524. The lowest BCUT2D eigenvalue weighted by Gasteiger charge is -2.19. The molecular weight excluding hydrogens is 406 g/mol. The van der Waals surface area contributed by atoms with Gasteiger partial charge in [0.2, 0.25) is 0 Å². The van der Waals surface area contributed by atoms with Gasteiger partial charge in [0, 0.05) is 23.2 Å².